The Balaban J connectivity index is 1.86. The Labute approximate surface area is 122 Å². The normalized spacial score (nSPS) is 16.5. The minimum Gasteiger partial charge on any atom is -0.375 e. The highest BCUT2D eigenvalue weighted by molar-refractivity contribution is 9.10. The maximum absolute atomic E-state index is 12.1. The first-order chi connectivity index (χ1) is 9.06. The molecule has 1 heterocycles. The van der Waals surface area contributed by atoms with E-state index in [1.54, 1.807) is 0 Å². The number of rotatable bonds is 3. The second-order valence-electron chi connectivity index (χ2n) is 5.02. The third-order valence-electron chi connectivity index (χ3n) is 3.41. The predicted octanol–water partition coefficient (Wildman–Crippen LogP) is 1.94. The molecule has 0 unspecified atom stereocenters. The maximum atomic E-state index is 12.1. The van der Waals surface area contributed by atoms with Crippen LogP contribution in [0.5, 0.6) is 0 Å². The fourth-order valence-corrected chi connectivity index (χ4v) is 2.74. The van der Waals surface area contributed by atoms with Crippen molar-refractivity contribution >= 4 is 27.5 Å². The SMILES string of the molecule is Cc1ccc(NCC(=O)N2CCN(C)CC2)c(Br)c1. The van der Waals surface area contributed by atoms with Crippen LogP contribution in [0.3, 0.4) is 0 Å². The number of hydrogen-bond acceptors (Lipinski definition) is 3. The van der Waals surface area contributed by atoms with Crippen LogP contribution in [0.2, 0.25) is 0 Å². The molecule has 0 saturated carbocycles. The zero-order chi connectivity index (χ0) is 13.8. The zero-order valence-electron chi connectivity index (χ0n) is 11.4. The van der Waals surface area contributed by atoms with Crippen molar-refractivity contribution in [2.75, 3.05) is 45.1 Å². The van der Waals surface area contributed by atoms with Crippen molar-refractivity contribution in [3.63, 3.8) is 0 Å². The molecule has 1 N–H and O–H groups in total. The molecule has 1 saturated heterocycles. The summed E-state index contributed by atoms with van der Waals surface area (Å²) in [5, 5.41) is 3.20. The third-order valence-corrected chi connectivity index (χ3v) is 4.07. The lowest BCUT2D eigenvalue weighted by Crippen LogP contribution is -2.48. The number of piperazine rings is 1. The van der Waals surface area contributed by atoms with Gasteiger partial charge < -0.3 is 15.1 Å². The van der Waals surface area contributed by atoms with Gasteiger partial charge >= 0.3 is 0 Å². The van der Waals surface area contributed by atoms with Crippen LogP contribution in [-0.2, 0) is 4.79 Å². The number of benzene rings is 1. The van der Waals surface area contributed by atoms with Gasteiger partial charge in [0.05, 0.1) is 6.54 Å². The molecule has 1 amide bonds. The molecule has 1 aliphatic rings. The van der Waals surface area contributed by atoms with Crippen LogP contribution < -0.4 is 5.32 Å². The number of carbonyl (C=O) groups is 1. The smallest absolute Gasteiger partial charge is 0.241 e. The minimum atomic E-state index is 0.167. The molecule has 0 aromatic heterocycles. The van der Waals surface area contributed by atoms with Crippen LogP contribution in [-0.4, -0.2) is 55.5 Å². The van der Waals surface area contributed by atoms with E-state index in [4.69, 9.17) is 0 Å². The molecule has 1 aromatic rings. The lowest BCUT2D eigenvalue weighted by Gasteiger charge is -2.32. The molecular formula is C14H20BrN3O. The highest BCUT2D eigenvalue weighted by Gasteiger charge is 2.18. The van der Waals surface area contributed by atoms with Gasteiger partial charge in [0.25, 0.3) is 0 Å². The first-order valence-electron chi connectivity index (χ1n) is 6.52. The van der Waals surface area contributed by atoms with Gasteiger partial charge in [-0.05, 0) is 47.6 Å². The molecule has 4 nitrogen and oxygen atoms in total. The number of carbonyl (C=O) groups excluding carboxylic acids is 1. The molecule has 0 bridgehead atoms. The first kappa shape index (κ1) is 14.3. The molecular weight excluding hydrogens is 306 g/mol. The number of anilines is 1. The number of hydrogen-bond donors (Lipinski definition) is 1. The molecule has 5 heteroatoms. The van der Waals surface area contributed by atoms with E-state index in [1.807, 2.05) is 30.0 Å². The zero-order valence-corrected chi connectivity index (χ0v) is 13.0. The van der Waals surface area contributed by atoms with E-state index in [1.165, 1.54) is 5.56 Å². The largest absolute Gasteiger partial charge is 0.375 e. The van der Waals surface area contributed by atoms with Gasteiger partial charge in [-0.3, -0.25) is 4.79 Å². The van der Waals surface area contributed by atoms with Crippen molar-refractivity contribution in [1.29, 1.82) is 0 Å². The molecule has 0 aliphatic carbocycles. The summed E-state index contributed by atoms with van der Waals surface area (Å²) in [5.74, 6) is 0.167. The Hall–Kier alpha value is -1.07. The minimum absolute atomic E-state index is 0.167. The highest BCUT2D eigenvalue weighted by atomic mass is 79.9. The van der Waals surface area contributed by atoms with Crippen LogP contribution in [0, 0.1) is 6.92 Å². The summed E-state index contributed by atoms with van der Waals surface area (Å²) >= 11 is 3.51. The molecule has 0 spiro atoms. The van der Waals surface area contributed by atoms with E-state index >= 15 is 0 Å². The summed E-state index contributed by atoms with van der Waals surface area (Å²) in [6.45, 7) is 5.97. The van der Waals surface area contributed by atoms with Crippen molar-refractivity contribution in [3.05, 3.63) is 28.2 Å². The topological polar surface area (TPSA) is 35.6 Å². The Morgan fingerprint density at radius 3 is 2.63 bits per heavy atom. The fraction of sp³-hybridized carbons (Fsp3) is 0.500. The van der Waals surface area contributed by atoms with Gasteiger partial charge in [-0.15, -0.1) is 0 Å². The molecule has 19 heavy (non-hydrogen) atoms. The predicted molar refractivity (Wildman–Crippen MR) is 81.4 cm³/mol. The van der Waals surface area contributed by atoms with Crippen molar-refractivity contribution in [2.24, 2.45) is 0 Å². The van der Waals surface area contributed by atoms with Crippen LogP contribution >= 0.6 is 15.9 Å². The quantitative estimate of drug-likeness (QED) is 0.922. The Kier molecular flexibility index (Phi) is 4.82. The fourth-order valence-electron chi connectivity index (χ4n) is 2.10. The summed E-state index contributed by atoms with van der Waals surface area (Å²) in [7, 11) is 2.09. The molecule has 0 radical (unpaired) electrons. The summed E-state index contributed by atoms with van der Waals surface area (Å²) in [5.41, 5.74) is 2.16. The maximum Gasteiger partial charge on any atom is 0.241 e. The number of nitrogens with zero attached hydrogens (tertiary/aromatic N) is 2. The van der Waals surface area contributed by atoms with Gasteiger partial charge in [-0.25, -0.2) is 0 Å². The number of aryl methyl sites for hydroxylation is 1. The molecule has 2 rings (SSSR count). The average molecular weight is 326 g/mol. The van der Waals surface area contributed by atoms with Crippen molar-refractivity contribution < 1.29 is 4.79 Å². The molecule has 1 aliphatic heterocycles. The van der Waals surface area contributed by atoms with E-state index in [9.17, 15) is 4.79 Å². The number of nitrogens with one attached hydrogen (secondary N) is 1. The highest BCUT2D eigenvalue weighted by Crippen LogP contribution is 2.23. The third kappa shape index (κ3) is 3.94. The second-order valence-corrected chi connectivity index (χ2v) is 5.88. The molecule has 104 valence electrons. The van der Waals surface area contributed by atoms with E-state index in [-0.39, 0.29) is 5.91 Å². The van der Waals surface area contributed by atoms with Gasteiger partial charge in [-0.2, -0.15) is 0 Å². The van der Waals surface area contributed by atoms with Crippen molar-refractivity contribution in [1.82, 2.24) is 9.80 Å². The van der Waals surface area contributed by atoms with E-state index in [0.717, 1.165) is 36.3 Å². The van der Waals surface area contributed by atoms with Crippen LogP contribution in [0.25, 0.3) is 0 Å². The number of halogens is 1. The van der Waals surface area contributed by atoms with Gasteiger partial charge in [0.15, 0.2) is 0 Å². The van der Waals surface area contributed by atoms with Crippen LogP contribution in [0.1, 0.15) is 5.56 Å². The molecule has 1 fully saturated rings. The van der Waals surface area contributed by atoms with Gasteiger partial charge in [0.2, 0.25) is 5.91 Å². The summed E-state index contributed by atoms with van der Waals surface area (Å²) in [6, 6.07) is 6.08. The Bertz CT molecular complexity index is 456. The molecule has 0 atom stereocenters. The Morgan fingerprint density at radius 2 is 2.00 bits per heavy atom. The monoisotopic (exact) mass is 325 g/mol. The number of likely N-dealkylation sites (N-methyl/N-ethyl adjacent to an activating group) is 1. The molecule has 1 aromatic carbocycles. The lowest BCUT2D eigenvalue weighted by molar-refractivity contribution is -0.130. The van der Waals surface area contributed by atoms with Crippen molar-refractivity contribution in [2.45, 2.75) is 6.92 Å². The average Bonchev–Trinajstić information content (AvgIpc) is 2.38. The summed E-state index contributed by atoms with van der Waals surface area (Å²) < 4.78 is 0.999. The van der Waals surface area contributed by atoms with E-state index in [2.05, 4.69) is 33.2 Å². The van der Waals surface area contributed by atoms with E-state index in [0.29, 0.717) is 6.54 Å². The van der Waals surface area contributed by atoms with Gasteiger partial charge in [-0.1, -0.05) is 6.07 Å². The first-order valence-corrected chi connectivity index (χ1v) is 7.32. The summed E-state index contributed by atoms with van der Waals surface area (Å²) in [4.78, 5) is 16.3. The van der Waals surface area contributed by atoms with Crippen LogP contribution in [0.4, 0.5) is 5.69 Å². The Morgan fingerprint density at radius 1 is 1.32 bits per heavy atom. The van der Waals surface area contributed by atoms with Gasteiger partial charge in [0.1, 0.15) is 0 Å². The van der Waals surface area contributed by atoms with Crippen LogP contribution in [0.15, 0.2) is 22.7 Å². The van der Waals surface area contributed by atoms with Crippen molar-refractivity contribution in [3.8, 4) is 0 Å². The van der Waals surface area contributed by atoms with Gasteiger partial charge in [0, 0.05) is 36.3 Å². The standard InChI is InChI=1S/C14H20BrN3O/c1-11-3-4-13(12(15)9-11)16-10-14(19)18-7-5-17(2)6-8-18/h3-4,9,16H,5-8,10H2,1-2H3. The lowest BCUT2D eigenvalue weighted by atomic mass is 10.2. The van der Waals surface area contributed by atoms with E-state index < -0.39 is 0 Å². The summed E-state index contributed by atoms with van der Waals surface area (Å²) in [6.07, 6.45) is 0. The second kappa shape index (κ2) is 6.39. The number of amides is 1.